The Morgan fingerprint density at radius 3 is 2.90 bits per heavy atom. The second kappa shape index (κ2) is 6.33. The maximum atomic E-state index is 5.44. The summed E-state index contributed by atoms with van der Waals surface area (Å²) in [7, 11) is 2.20. The number of hydrogen-bond donors (Lipinski definition) is 1. The first kappa shape index (κ1) is 14.2. The molecule has 1 fully saturated rings. The van der Waals surface area contributed by atoms with Crippen molar-refractivity contribution in [1.82, 2.24) is 10.2 Å². The first-order valence-corrected chi connectivity index (χ1v) is 7.99. The van der Waals surface area contributed by atoms with Crippen molar-refractivity contribution in [1.29, 1.82) is 0 Å². The van der Waals surface area contributed by atoms with Gasteiger partial charge in [-0.2, -0.15) is 0 Å². The van der Waals surface area contributed by atoms with Gasteiger partial charge in [0.25, 0.3) is 0 Å². The number of fused-ring (bicyclic) bond motifs is 1. The zero-order chi connectivity index (χ0) is 13.9. The molecule has 0 unspecified atom stereocenters. The van der Waals surface area contributed by atoms with E-state index >= 15 is 0 Å². The molecule has 20 heavy (non-hydrogen) atoms. The van der Waals surface area contributed by atoms with Gasteiger partial charge in [-0.3, -0.25) is 0 Å². The minimum Gasteiger partial charge on any atom is -0.454 e. The van der Waals surface area contributed by atoms with Gasteiger partial charge < -0.3 is 19.7 Å². The fourth-order valence-corrected chi connectivity index (χ4v) is 3.41. The number of benzene rings is 1. The molecular formula is C15H21BrN2O2. The molecule has 1 aromatic carbocycles. The predicted octanol–water partition coefficient (Wildman–Crippen LogP) is 2.61. The Hall–Kier alpha value is -0.780. The molecule has 0 spiro atoms. The van der Waals surface area contributed by atoms with Gasteiger partial charge >= 0.3 is 0 Å². The minimum absolute atomic E-state index is 0.320. The highest BCUT2D eigenvalue weighted by molar-refractivity contribution is 9.10. The van der Waals surface area contributed by atoms with Crippen LogP contribution in [-0.4, -0.2) is 38.4 Å². The average molecular weight is 341 g/mol. The quantitative estimate of drug-likeness (QED) is 0.913. The summed E-state index contributed by atoms with van der Waals surface area (Å²) in [5.41, 5.74) is 1.23. The van der Waals surface area contributed by atoms with Crippen LogP contribution in [0.25, 0.3) is 0 Å². The summed E-state index contributed by atoms with van der Waals surface area (Å²) in [5, 5.41) is 3.57. The summed E-state index contributed by atoms with van der Waals surface area (Å²) in [6.45, 7) is 4.74. The lowest BCUT2D eigenvalue weighted by Crippen LogP contribution is -2.34. The average Bonchev–Trinajstić information content (AvgIpc) is 2.90. The number of halogens is 1. The number of nitrogens with one attached hydrogen (secondary N) is 1. The van der Waals surface area contributed by atoms with Crippen LogP contribution in [0.3, 0.4) is 0 Å². The van der Waals surface area contributed by atoms with Crippen LogP contribution in [0.1, 0.15) is 18.4 Å². The van der Waals surface area contributed by atoms with Gasteiger partial charge in [-0.05, 0) is 79.1 Å². The Bertz CT molecular complexity index is 473. The monoisotopic (exact) mass is 340 g/mol. The van der Waals surface area contributed by atoms with E-state index in [1.165, 1.54) is 31.5 Å². The van der Waals surface area contributed by atoms with Crippen LogP contribution in [0.5, 0.6) is 11.5 Å². The summed E-state index contributed by atoms with van der Waals surface area (Å²) in [5.74, 6) is 2.48. The molecule has 0 saturated carbocycles. The smallest absolute Gasteiger partial charge is 0.231 e. The molecule has 110 valence electrons. The highest BCUT2D eigenvalue weighted by Gasteiger charge is 2.19. The second-order valence-electron chi connectivity index (χ2n) is 5.69. The van der Waals surface area contributed by atoms with Crippen molar-refractivity contribution in [2.75, 3.05) is 33.5 Å². The Morgan fingerprint density at radius 2 is 2.10 bits per heavy atom. The van der Waals surface area contributed by atoms with Crippen LogP contribution in [0.4, 0.5) is 0 Å². The van der Waals surface area contributed by atoms with Crippen molar-refractivity contribution in [3.05, 3.63) is 22.2 Å². The number of likely N-dealkylation sites (tertiary alicyclic amines) is 1. The molecule has 1 saturated heterocycles. The number of ether oxygens (including phenoxy) is 2. The van der Waals surface area contributed by atoms with E-state index in [4.69, 9.17) is 9.47 Å². The lowest BCUT2D eigenvalue weighted by Gasteiger charge is -2.29. The van der Waals surface area contributed by atoms with Gasteiger partial charge in [-0.1, -0.05) is 0 Å². The standard InChI is InChI=1S/C15H21BrN2O2/c1-18-4-2-11(3-5-18)8-17-9-12-6-13(16)15-14(7-12)19-10-20-15/h6-7,11,17H,2-5,8-10H2,1H3. The van der Waals surface area contributed by atoms with Crippen LogP contribution in [0, 0.1) is 5.92 Å². The van der Waals surface area contributed by atoms with Crippen molar-refractivity contribution in [2.24, 2.45) is 5.92 Å². The van der Waals surface area contributed by atoms with E-state index < -0.39 is 0 Å². The lowest BCUT2D eigenvalue weighted by molar-refractivity contribution is 0.173. The summed E-state index contributed by atoms with van der Waals surface area (Å²) in [6, 6.07) is 4.17. The second-order valence-corrected chi connectivity index (χ2v) is 6.54. The van der Waals surface area contributed by atoms with Gasteiger partial charge in [0.05, 0.1) is 4.47 Å². The fourth-order valence-electron chi connectivity index (χ4n) is 2.81. The molecule has 0 aromatic heterocycles. The van der Waals surface area contributed by atoms with Crippen LogP contribution in [0.15, 0.2) is 16.6 Å². The lowest BCUT2D eigenvalue weighted by atomic mass is 9.97. The highest BCUT2D eigenvalue weighted by atomic mass is 79.9. The summed E-state index contributed by atoms with van der Waals surface area (Å²) in [4.78, 5) is 2.41. The van der Waals surface area contributed by atoms with E-state index in [9.17, 15) is 0 Å². The van der Waals surface area contributed by atoms with Gasteiger partial charge in [-0.15, -0.1) is 0 Å². The Morgan fingerprint density at radius 1 is 1.30 bits per heavy atom. The maximum absolute atomic E-state index is 5.44. The normalized spacial score (nSPS) is 19.5. The first-order valence-electron chi connectivity index (χ1n) is 7.19. The maximum Gasteiger partial charge on any atom is 0.231 e. The van der Waals surface area contributed by atoms with Gasteiger partial charge in [-0.25, -0.2) is 0 Å². The van der Waals surface area contributed by atoms with Crippen molar-refractivity contribution in [3.8, 4) is 11.5 Å². The number of rotatable bonds is 4. The largest absolute Gasteiger partial charge is 0.454 e. The van der Waals surface area contributed by atoms with E-state index in [0.29, 0.717) is 6.79 Å². The third-order valence-corrected chi connectivity index (χ3v) is 4.68. The molecule has 0 radical (unpaired) electrons. The fraction of sp³-hybridized carbons (Fsp3) is 0.600. The van der Waals surface area contributed by atoms with Crippen molar-refractivity contribution >= 4 is 15.9 Å². The number of piperidine rings is 1. The molecule has 0 atom stereocenters. The minimum atomic E-state index is 0.320. The van der Waals surface area contributed by atoms with Crippen molar-refractivity contribution < 1.29 is 9.47 Å². The van der Waals surface area contributed by atoms with E-state index in [1.807, 2.05) is 0 Å². The molecule has 2 aliphatic rings. The van der Waals surface area contributed by atoms with E-state index in [-0.39, 0.29) is 0 Å². The molecule has 0 bridgehead atoms. The topological polar surface area (TPSA) is 33.7 Å². The Balaban J connectivity index is 1.50. The number of nitrogens with zero attached hydrogens (tertiary/aromatic N) is 1. The molecular weight excluding hydrogens is 320 g/mol. The predicted molar refractivity (Wildman–Crippen MR) is 82.2 cm³/mol. The third kappa shape index (κ3) is 3.27. The molecule has 2 heterocycles. The SMILES string of the molecule is CN1CCC(CNCc2cc(Br)c3c(c2)OCO3)CC1. The van der Waals surface area contributed by atoms with Crippen LogP contribution in [-0.2, 0) is 6.54 Å². The van der Waals surface area contributed by atoms with Crippen molar-refractivity contribution in [3.63, 3.8) is 0 Å². The molecule has 4 nitrogen and oxygen atoms in total. The van der Waals surface area contributed by atoms with Crippen molar-refractivity contribution in [2.45, 2.75) is 19.4 Å². The molecule has 5 heteroatoms. The van der Waals surface area contributed by atoms with Crippen LogP contribution < -0.4 is 14.8 Å². The molecule has 0 aliphatic carbocycles. The van der Waals surface area contributed by atoms with Crippen LogP contribution >= 0.6 is 15.9 Å². The summed E-state index contributed by atoms with van der Waals surface area (Å²) in [6.07, 6.45) is 2.60. The molecule has 1 N–H and O–H groups in total. The summed E-state index contributed by atoms with van der Waals surface area (Å²) < 4.78 is 11.8. The first-order chi connectivity index (χ1) is 9.72. The van der Waals surface area contributed by atoms with Gasteiger partial charge in [0.2, 0.25) is 6.79 Å². The third-order valence-electron chi connectivity index (χ3n) is 4.09. The van der Waals surface area contributed by atoms with E-state index in [0.717, 1.165) is 35.0 Å². The van der Waals surface area contributed by atoms with Gasteiger partial charge in [0, 0.05) is 6.54 Å². The Labute approximate surface area is 128 Å². The summed E-state index contributed by atoms with van der Waals surface area (Å²) >= 11 is 3.53. The highest BCUT2D eigenvalue weighted by Crippen LogP contribution is 2.39. The van der Waals surface area contributed by atoms with E-state index in [2.05, 4.69) is 45.3 Å². The zero-order valence-corrected chi connectivity index (χ0v) is 13.4. The number of hydrogen-bond acceptors (Lipinski definition) is 4. The zero-order valence-electron chi connectivity index (χ0n) is 11.8. The van der Waals surface area contributed by atoms with E-state index in [1.54, 1.807) is 0 Å². The molecule has 3 rings (SSSR count). The molecule has 1 aromatic rings. The molecule has 0 amide bonds. The van der Waals surface area contributed by atoms with Crippen LogP contribution in [0.2, 0.25) is 0 Å². The van der Waals surface area contributed by atoms with Gasteiger partial charge in [0.1, 0.15) is 0 Å². The Kier molecular flexibility index (Phi) is 4.48. The van der Waals surface area contributed by atoms with Gasteiger partial charge in [0.15, 0.2) is 11.5 Å². The molecule has 2 aliphatic heterocycles.